The summed E-state index contributed by atoms with van der Waals surface area (Å²) in [5, 5.41) is 8.85. The van der Waals surface area contributed by atoms with Gasteiger partial charge in [-0.15, -0.1) is 0 Å². The van der Waals surface area contributed by atoms with Crippen LogP contribution in [0.15, 0.2) is 18.2 Å². The number of carboxylic acids is 1. The lowest BCUT2D eigenvalue weighted by atomic mass is 10.1. The topological polar surface area (TPSA) is 59.0 Å². The van der Waals surface area contributed by atoms with Crippen LogP contribution in [0.1, 0.15) is 25.8 Å². The van der Waals surface area contributed by atoms with Crippen LogP contribution >= 0.6 is 0 Å². The minimum Gasteiger partial charge on any atom is -0.493 e. The molecule has 5 heteroatoms. The van der Waals surface area contributed by atoms with E-state index in [0.29, 0.717) is 12.5 Å². The predicted octanol–water partition coefficient (Wildman–Crippen LogP) is 2.68. The molecule has 1 aromatic rings. The number of carbonyl (C=O) groups is 1. The summed E-state index contributed by atoms with van der Waals surface area (Å²) >= 11 is 0. The summed E-state index contributed by atoms with van der Waals surface area (Å²) in [4.78, 5) is 13.0. The average Bonchev–Trinajstić information content (AvgIpc) is 2.49. The molecular formula is C17H27NO4. The van der Waals surface area contributed by atoms with Crippen LogP contribution in [-0.2, 0) is 11.2 Å². The van der Waals surface area contributed by atoms with Crippen LogP contribution in [0.2, 0.25) is 0 Å². The van der Waals surface area contributed by atoms with E-state index in [9.17, 15) is 4.79 Å². The second-order valence-corrected chi connectivity index (χ2v) is 5.78. The molecule has 0 unspecified atom stereocenters. The lowest BCUT2D eigenvalue weighted by Gasteiger charge is -2.23. The Labute approximate surface area is 132 Å². The van der Waals surface area contributed by atoms with Gasteiger partial charge in [0, 0.05) is 19.6 Å². The lowest BCUT2D eigenvalue weighted by Crippen LogP contribution is -2.32. The Hall–Kier alpha value is -1.75. The number of carboxylic acid groups (broad SMARTS) is 1. The van der Waals surface area contributed by atoms with Crippen LogP contribution in [0.4, 0.5) is 0 Å². The first-order valence-electron chi connectivity index (χ1n) is 7.61. The number of methoxy groups -OCH3 is 2. The van der Waals surface area contributed by atoms with Gasteiger partial charge in [0.1, 0.15) is 0 Å². The number of hydrogen-bond acceptors (Lipinski definition) is 4. The number of rotatable bonds is 10. The van der Waals surface area contributed by atoms with Gasteiger partial charge in [0.25, 0.3) is 0 Å². The molecule has 0 spiro atoms. The quantitative estimate of drug-likeness (QED) is 0.720. The van der Waals surface area contributed by atoms with Crippen LogP contribution < -0.4 is 9.47 Å². The fourth-order valence-electron chi connectivity index (χ4n) is 2.39. The van der Waals surface area contributed by atoms with Gasteiger partial charge >= 0.3 is 5.97 Å². The predicted molar refractivity (Wildman–Crippen MR) is 86.8 cm³/mol. The van der Waals surface area contributed by atoms with E-state index in [1.165, 1.54) is 0 Å². The first-order chi connectivity index (χ1) is 10.5. The van der Waals surface area contributed by atoms with Gasteiger partial charge in [-0.25, -0.2) is 0 Å². The SMILES string of the molecule is COc1ccc(CCN(CCC(=O)O)CC(C)C)cc1OC. The molecule has 1 rings (SSSR count). The average molecular weight is 309 g/mol. The van der Waals surface area contributed by atoms with Crippen molar-refractivity contribution in [1.82, 2.24) is 4.90 Å². The van der Waals surface area contributed by atoms with E-state index in [1.54, 1.807) is 14.2 Å². The van der Waals surface area contributed by atoms with Crippen molar-refractivity contribution in [2.24, 2.45) is 5.92 Å². The molecule has 0 radical (unpaired) electrons. The van der Waals surface area contributed by atoms with Crippen molar-refractivity contribution in [3.05, 3.63) is 23.8 Å². The number of ether oxygens (including phenoxy) is 2. The van der Waals surface area contributed by atoms with E-state index in [-0.39, 0.29) is 6.42 Å². The molecule has 1 aromatic carbocycles. The third-order valence-corrected chi connectivity index (χ3v) is 3.43. The molecule has 22 heavy (non-hydrogen) atoms. The van der Waals surface area contributed by atoms with Gasteiger partial charge in [-0.05, 0) is 30.0 Å². The van der Waals surface area contributed by atoms with E-state index in [1.807, 2.05) is 18.2 Å². The zero-order valence-corrected chi connectivity index (χ0v) is 14.0. The maximum absolute atomic E-state index is 10.8. The zero-order valence-electron chi connectivity index (χ0n) is 14.0. The fraction of sp³-hybridized carbons (Fsp3) is 0.588. The second kappa shape index (κ2) is 9.30. The summed E-state index contributed by atoms with van der Waals surface area (Å²) in [6, 6.07) is 5.90. The smallest absolute Gasteiger partial charge is 0.304 e. The first-order valence-corrected chi connectivity index (χ1v) is 7.61. The molecule has 0 heterocycles. The Balaban J connectivity index is 2.64. The Kier molecular flexibility index (Phi) is 7.74. The van der Waals surface area contributed by atoms with E-state index in [2.05, 4.69) is 18.7 Å². The standard InChI is InChI=1S/C17H27NO4/c1-13(2)12-18(10-8-17(19)20)9-7-14-5-6-15(21-3)16(11-14)22-4/h5-6,11,13H,7-10,12H2,1-4H3,(H,19,20). The molecule has 0 aliphatic heterocycles. The summed E-state index contributed by atoms with van der Waals surface area (Å²) < 4.78 is 10.5. The minimum absolute atomic E-state index is 0.179. The van der Waals surface area contributed by atoms with Crippen LogP contribution in [0.3, 0.4) is 0 Å². The van der Waals surface area contributed by atoms with E-state index < -0.39 is 5.97 Å². The van der Waals surface area contributed by atoms with E-state index in [0.717, 1.165) is 36.6 Å². The van der Waals surface area contributed by atoms with Crippen molar-refractivity contribution in [2.75, 3.05) is 33.9 Å². The molecule has 0 atom stereocenters. The van der Waals surface area contributed by atoms with E-state index >= 15 is 0 Å². The molecular weight excluding hydrogens is 282 g/mol. The minimum atomic E-state index is -0.750. The highest BCUT2D eigenvalue weighted by Crippen LogP contribution is 2.27. The third-order valence-electron chi connectivity index (χ3n) is 3.43. The largest absolute Gasteiger partial charge is 0.493 e. The van der Waals surface area contributed by atoms with Gasteiger partial charge in [0.15, 0.2) is 11.5 Å². The molecule has 0 amide bonds. The van der Waals surface area contributed by atoms with Gasteiger partial charge < -0.3 is 19.5 Å². The summed E-state index contributed by atoms with van der Waals surface area (Å²) in [5.41, 5.74) is 1.15. The molecule has 0 aromatic heterocycles. The molecule has 0 saturated heterocycles. The molecule has 0 bridgehead atoms. The van der Waals surface area contributed by atoms with Crippen molar-refractivity contribution in [1.29, 1.82) is 0 Å². The van der Waals surface area contributed by atoms with Crippen molar-refractivity contribution in [2.45, 2.75) is 26.7 Å². The van der Waals surface area contributed by atoms with E-state index in [4.69, 9.17) is 14.6 Å². The van der Waals surface area contributed by atoms with Crippen molar-refractivity contribution in [3.8, 4) is 11.5 Å². The number of benzene rings is 1. The molecule has 5 nitrogen and oxygen atoms in total. The fourth-order valence-corrected chi connectivity index (χ4v) is 2.39. The highest BCUT2D eigenvalue weighted by atomic mass is 16.5. The van der Waals surface area contributed by atoms with Crippen LogP contribution in [0, 0.1) is 5.92 Å². The van der Waals surface area contributed by atoms with Gasteiger partial charge in [-0.2, -0.15) is 0 Å². The molecule has 0 fully saturated rings. The van der Waals surface area contributed by atoms with Crippen LogP contribution in [0.25, 0.3) is 0 Å². The molecule has 1 N–H and O–H groups in total. The summed E-state index contributed by atoms with van der Waals surface area (Å²) in [7, 11) is 3.24. The monoisotopic (exact) mass is 309 g/mol. The Morgan fingerprint density at radius 1 is 1.18 bits per heavy atom. The first kappa shape index (κ1) is 18.3. The van der Waals surface area contributed by atoms with Gasteiger partial charge in [-0.1, -0.05) is 19.9 Å². The van der Waals surface area contributed by atoms with Crippen molar-refractivity contribution >= 4 is 5.97 Å². The maximum Gasteiger partial charge on any atom is 0.304 e. The number of hydrogen-bond donors (Lipinski definition) is 1. The van der Waals surface area contributed by atoms with Crippen molar-refractivity contribution < 1.29 is 19.4 Å². The maximum atomic E-state index is 10.8. The normalized spacial score (nSPS) is 11.0. The van der Waals surface area contributed by atoms with Gasteiger partial charge in [0.2, 0.25) is 0 Å². The summed E-state index contributed by atoms with van der Waals surface area (Å²) in [6.45, 7) is 6.61. The van der Waals surface area contributed by atoms with Gasteiger partial charge in [-0.3, -0.25) is 4.79 Å². The molecule has 0 saturated carbocycles. The number of aliphatic carboxylic acids is 1. The Morgan fingerprint density at radius 2 is 1.86 bits per heavy atom. The lowest BCUT2D eigenvalue weighted by molar-refractivity contribution is -0.137. The number of nitrogens with zero attached hydrogens (tertiary/aromatic N) is 1. The zero-order chi connectivity index (χ0) is 16.5. The Bertz CT molecular complexity index is 474. The molecule has 0 aliphatic rings. The van der Waals surface area contributed by atoms with Crippen molar-refractivity contribution in [3.63, 3.8) is 0 Å². The molecule has 0 aliphatic carbocycles. The second-order valence-electron chi connectivity index (χ2n) is 5.78. The molecule has 124 valence electrons. The highest BCUT2D eigenvalue weighted by Gasteiger charge is 2.11. The summed E-state index contributed by atoms with van der Waals surface area (Å²) in [5.74, 6) is 1.20. The third kappa shape index (κ3) is 6.35. The highest BCUT2D eigenvalue weighted by molar-refractivity contribution is 5.66. The Morgan fingerprint density at radius 3 is 2.41 bits per heavy atom. The summed E-state index contributed by atoms with van der Waals surface area (Å²) in [6.07, 6.45) is 1.03. The van der Waals surface area contributed by atoms with Gasteiger partial charge in [0.05, 0.1) is 20.6 Å². The van der Waals surface area contributed by atoms with Crippen LogP contribution in [0.5, 0.6) is 11.5 Å². The van der Waals surface area contributed by atoms with Crippen LogP contribution in [-0.4, -0.2) is 49.8 Å².